The molecule has 0 bridgehead atoms. The van der Waals surface area contributed by atoms with Crippen LogP contribution in [0, 0.1) is 0 Å². The van der Waals surface area contributed by atoms with E-state index in [9.17, 15) is 4.79 Å². The topological polar surface area (TPSA) is 69.3 Å². The summed E-state index contributed by atoms with van der Waals surface area (Å²) in [4.78, 5) is 13.9. The second-order valence-electron chi connectivity index (χ2n) is 5.57. The second kappa shape index (κ2) is 9.34. The number of nitrogens with one attached hydrogen (secondary N) is 1. The van der Waals surface area contributed by atoms with Gasteiger partial charge < -0.3 is 29.2 Å². The molecule has 24 heavy (non-hydrogen) atoms. The van der Waals surface area contributed by atoms with Crippen LogP contribution in [-0.4, -0.2) is 71.0 Å². The summed E-state index contributed by atoms with van der Waals surface area (Å²) in [6.45, 7) is 3.05. The summed E-state index contributed by atoms with van der Waals surface area (Å²) in [5, 5.41) is 3.16. The molecule has 134 valence electrons. The molecule has 1 aromatic rings. The van der Waals surface area contributed by atoms with Crippen molar-refractivity contribution >= 4 is 5.91 Å². The van der Waals surface area contributed by atoms with E-state index < -0.39 is 0 Å². The zero-order chi connectivity index (χ0) is 17.4. The lowest BCUT2D eigenvalue weighted by molar-refractivity contribution is -0.143. The molecule has 1 N–H and O–H groups in total. The maximum absolute atomic E-state index is 12.2. The number of amides is 1. The molecule has 1 saturated heterocycles. The summed E-state index contributed by atoms with van der Waals surface area (Å²) in [5.74, 6) is 2.04. The Hall–Kier alpha value is -1.99. The molecule has 0 aromatic heterocycles. The molecule has 1 amide bonds. The van der Waals surface area contributed by atoms with Gasteiger partial charge >= 0.3 is 0 Å². The molecule has 1 aliphatic heterocycles. The minimum absolute atomic E-state index is 0.00486. The Kier molecular flexibility index (Phi) is 7.14. The number of methoxy groups -OCH3 is 2. The Bertz CT molecular complexity index is 509. The first-order valence-electron chi connectivity index (χ1n) is 8.07. The van der Waals surface area contributed by atoms with E-state index >= 15 is 0 Å². The van der Waals surface area contributed by atoms with Gasteiger partial charge in [-0.25, -0.2) is 0 Å². The summed E-state index contributed by atoms with van der Waals surface area (Å²) in [5.41, 5.74) is 0. The number of benzene rings is 1. The standard InChI is InChI=1S/C17H26N2O5/c1-19(17(20)16-12-18-5-8-24-16)6-4-7-23-15-10-13(21-2)9-14(11-15)22-3/h9-11,16,18H,4-8,12H2,1-3H3. The molecule has 7 heteroatoms. The Morgan fingerprint density at radius 2 is 1.92 bits per heavy atom. The van der Waals surface area contributed by atoms with E-state index in [1.165, 1.54) is 0 Å². The van der Waals surface area contributed by atoms with Gasteiger partial charge in [-0.1, -0.05) is 0 Å². The van der Waals surface area contributed by atoms with Crippen LogP contribution < -0.4 is 19.5 Å². The first-order chi connectivity index (χ1) is 11.6. The summed E-state index contributed by atoms with van der Waals surface area (Å²) in [6.07, 6.45) is 0.342. The number of ether oxygens (including phenoxy) is 4. The lowest BCUT2D eigenvalue weighted by Gasteiger charge is -2.27. The maximum Gasteiger partial charge on any atom is 0.252 e. The van der Waals surface area contributed by atoms with Crippen molar-refractivity contribution in [2.75, 3.05) is 54.1 Å². The molecule has 1 heterocycles. The van der Waals surface area contributed by atoms with Crippen LogP contribution in [0.15, 0.2) is 18.2 Å². The molecule has 0 radical (unpaired) electrons. The van der Waals surface area contributed by atoms with E-state index in [4.69, 9.17) is 18.9 Å². The Morgan fingerprint density at radius 1 is 1.25 bits per heavy atom. The normalized spacial score (nSPS) is 17.2. The zero-order valence-electron chi connectivity index (χ0n) is 14.5. The van der Waals surface area contributed by atoms with Gasteiger partial charge in [-0.2, -0.15) is 0 Å². The summed E-state index contributed by atoms with van der Waals surface area (Å²) >= 11 is 0. The van der Waals surface area contributed by atoms with E-state index in [-0.39, 0.29) is 12.0 Å². The first-order valence-corrected chi connectivity index (χ1v) is 8.07. The Morgan fingerprint density at radius 3 is 2.50 bits per heavy atom. The predicted octanol–water partition coefficient (Wildman–Crippen LogP) is 0.920. The number of morpholine rings is 1. The lowest BCUT2D eigenvalue weighted by atomic mass is 10.2. The number of likely N-dealkylation sites (N-methyl/N-ethyl adjacent to an activating group) is 1. The third kappa shape index (κ3) is 5.28. The molecule has 0 aliphatic carbocycles. The highest BCUT2D eigenvalue weighted by Gasteiger charge is 2.24. The van der Waals surface area contributed by atoms with Gasteiger partial charge in [0.15, 0.2) is 0 Å². The van der Waals surface area contributed by atoms with E-state index in [1.54, 1.807) is 44.4 Å². The molecule has 0 saturated carbocycles. The van der Waals surface area contributed by atoms with Crippen LogP contribution in [0.4, 0.5) is 0 Å². The average Bonchev–Trinajstić information content (AvgIpc) is 2.64. The van der Waals surface area contributed by atoms with Gasteiger partial charge in [-0.05, 0) is 6.42 Å². The van der Waals surface area contributed by atoms with Crippen LogP contribution in [-0.2, 0) is 9.53 Å². The highest BCUT2D eigenvalue weighted by atomic mass is 16.5. The molecule has 1 unspecified atom stereocenters. The fourth-order valence-corrected chi connectivity index (χ4v) is 2.44. The monoisotopic (exact) mass is 338 g/mol. The molecule has 2 rings (SSSR count). The van der Waals surface area contributed by atoms with Crippen LogP contribution in [0.25, 0.3) is 0 Å². The van der Waals surface area contributed by atoms with Crippen molar-refractivity contribution in [2.24, 2.45) is 0 Å². The first kappa shape index (κ1) is 18.4. The molecule has 1 aliphatic rings. The fourth-order valence-electron chi connectivity index (χ4n) is 2.44. The third-order valence-electron chi connectivity index (χ3n) is 3.81. The van der Waals surface area contributed by atoms with Crippen molar-refractivity contribution in [3.8, 4) is 17.2 Å². The maximum atomic E-state index is 12.2. The number of rotatable bonds is 8. The van der Waals surface area contributed by atoms with Crippen LogP contribution in [0.1, 0.15) is 6.42 Å². The fraction of sp³-hybridized carbons (Fsp3) is 0.588. The molecule has 1 fully saturated rings. The predicted molar refractivity (Wildman–Crippen MR) is 89.9 cm³/mol. The van der Waals surface area contributed by atoms with E-state index in [1.807, 2.05) is 0 Å². The van der Waals surface area contributed by atoms with Crippen LogP contribution in [0.3, 0.4) is 0 Å². The van der Waals surface area contributed by atoms with Crippen molar-refractivity contribution < 1.29 is 23.7 Å². The van der Waals surface area contributed by atoms with Gasteiger partial charge in [0.2, 0.25) is 0 Å². The number of hydrogen-bond donors (Lipinski definition) is 1. The van der Waals surface area contributed by atoms with Crippen LogP contribution in [0.2, 0.25) is 0 Å². The van der Waals surface area contributed by atoms with E-state index in [0.29, 0.717) is 43.6 Å². The highest BCUT2D eigenvalue weighted by molar-refractivity contribution is 5.81. The van der Waals surface area contributed by atoms with Crippen LogP contribution >= 0.6 is 0 Å². The molecule has 1 aromatic carbocycles. The zero-order valence-corrected chi connectivity index (χ0v) is 14.5. The van der Waals surface area contributed by atoms with Gasteiger partial charge in [0.25, 0.3) is 5.91 Å². The largest absolute Gasteiger partial charge is 0.496 e. The minimum atomic E-state index is -0.382. The number of nitrogens with zero attached hydrogens (tertiary/aromatic N) is 1. The summed E-state index contributed by atoms with van der Waals surface area (Å²) < 4.78 is 21.6. The number of carbonyl (C=O) groups is 1. The van der Waals surface area contributed by atoms with Gasteiger partial charge in [0.1, 0.15) is 23.4 Å². The summed E-state index contributed by atoms with van der Waals surface area (Å²) in [7, 11) is 4.98. The summed E-state index contributed by atoms with van der Waals surface area (Å²) in [6, 6.07) is 5.40. The molecular formula is C17H26N2O5. The van der Waals surface area contributed by atoms with Gasteiger partial charge in [0, 0.05) is 44.9 Å². The van der Waals surface area contributed by atoms with Crippen molar-refractivity contribution in [1.29, 1.82) is 0 Å². The molecule has 7 nitrogen and oxygen atoms in total. The number of hydrogen-bond acceptors (Lipinski definition) is 6. The minimum Gasteiger partial charge on any atom is -0.496 e. The van der Waals surface area contributed by atoms with Crippen molar-refractivity contribution in [3.63, 3.8) is 0 Å². The van der Waals surface area contributed by atoms with Gasteiger partial charge in [-0.3, -0.25) is 4.79 Å². The van der Waals surface area contributed by atoms with Crippen LogP contribution in [0.5, 0.6) is 17.2 Å². The van der Waals surface area contributed by atoms with E-state index in [0.717, 1.165) is 13.0 Å². The molecule has 0 spiro atoms. The van der Waals surface area contributed by atoms with Gasteiger partial charge in [0.05, 0.1) is 27.4 Å². The SMILES string of the molecule is COc1cc(OC)cc(OCCCN(C)C(=O)C2CNCCO2)c1. The van der Waals surface area contributed by atoms with E-state index in [2.05, 4.69) is 5.32 Å². The molecule has 1 atom stereocenters. The number of carbonyl (C=O) groups excluding carboxylic acids is 1. The van der Waals surface area contributed by atoms with Crippen molar-refractivity contribution in [1.82, 2.24) is 10.2 Å². The highest BCUT2D eigenvalue weighted by Crippen LogP contribution is 2.27. The Balaban J connectivity index is 1.74. The van der Waals surface area contributed by atoms with Crippen molar-refractivity contribution in [3.05, 3.63) is 18.2 Å². The quantitative estimate of drug-likeness (QED) is 0.711. The Labute approximate surface area is 142 Å². The van der Waals surface area contributed by atoms with Crippen molar-refractivity contribution in [2.45, 2.75) is 12.5 Å². The molecular weight excluding hydrogens is 312 g/mol. The van der Waals surface area contributed by atoms with Gasteiger partial charge in [-0.15, -0.1) is 0 Å². The average molecular weight is 338 g/mol. The second-order valence-corrected chi connectivity index (χ2v) is 5.57. The smallest absolute Gasteiger partial charge is 0.252 e. The lowest BCUT2D eigenvalue weighted by Crippen LogP contribution is -2.48. The third-order valence-corrected chi connectivity index (χ3v) is 3.81.